The molecule has 0 aromatic carbocycles. The van der Waals surface area contributed by atoms with Crippen molar-refractivity contribution in [2.45, 2.75) is 89.1 Å². The van der Waals surface area contributed by atoms with Gasteiger partial charge in [0.1, 0.15) is 24.4 Å². The van der Waals surface area contributed by atoms with E-state index in [-0.39, 0.29) is 6.61 Å². The Labute approximate surface area is 146 Å². The van der Waals surface area contributed by atoms with Crippen LogP contribution in [0.1, 0.15) is 64.7 Å². The van der Waals surface area contributed by atoms with Gasteiger partial charge >= 0.3 is 0 Å². The Hall–Kier alpha value is -0.460. The van der Waals surface area contributed by atoms with E-state index < -0.39 is 31.0 Å². The molecule has 1 aliphatic heterocycles. The summed E-state index contributed by atoms with van der Waals surface area (Å²) in [5, 5.41) is 28.4. The van der Waals surface area contributed by atoms with Crippen molar-refractivity contribution in [3.63, 3.8) is 0 Å². The van der Waals surface area contributed by atoms with E-state index in [1.165, 1.54) is 44.9 Å². The second-order valence-corrected chi connectivity index (χ2v) is 6.62. The molecule has 3 N–H and O–H groups in total. The van der Waals surface area contributed by atoms with Gasteiger partial charge in [-0.3, -0.25) is 0 Å². The van der Waals surface area contributed by atoms with E-state index in [0.29, 0.717) is 6.61 Å². The van der Waals surface area contributed by atoms with E-state index in [9.17, 15) is 10.2 Å². The molecule has 5 nitrogen and oxygen atoms in total. The van der Waals surface area contributed by atoms with Crippen LogP contribution in [0.3, 0.4) is 0 Å². The van der Waals surface area contributed by atoms with Crippen LogP contribution in [-0.4, -0.2) is 59.6 Å². The maximum atomic E-state index is 10.0. The van der Waals surface area contributed by atoms with Gasteiger partial charge < -0.3 is 24.8 Å². The first-order valence-corrected chi connectivity index (χ1v) is 9.55. The average molecular weight is 344 g/mol. The minimum atomic E-state index is -1.05. The molecule has 0 aliphatic carbocycles. The zero-order chi connectivity index (χ0) is 17.6. The van der Waals surface area contributed by atoms with Crippen LogP contribution in [-0.2, 0) is 9.47 Å². The van der Waals surface area contributed by atoms with E-state index in [1.54, 1.807) is 0 Å². The molecule has 142 valence electrons. The Morgan fingerprint density at radius 1 is 1.08 bits per heavy atom. The summed E-state index contributed by atoms with van der Waals surface area (Å²) in [5.74, 6) is 0. The van der Waals surface area contributed by atoms with E-state index in [4.69, 9.17) is 14.6 Å². The molecule has 1 aliphatic rings. The van der Waals surface area contributed by atoms with Crippen LogP contribution >= 0.6 is 0 Å². The number of ether oxygens (including phenoxy) is 2. The van der Waals surface area contributed by atoms with Crippen LogP contribution in [0.5, 0.6) is 0 Å². The SMILES string of the molecule is CCC/C=C/CCCCCCCCO[C@@H]1CO[C@H]([C@@H](O)CO)[C@@H]1O. The van der Waals surface area contributed by atoms with Crippen molar-refractivity contribution < 1.29 is 24.8 Å². The summed E-state index contributed by atoms with van der Waals surface area (Å²) < 4.78 is 10.9. The van der Waals surface area contributed by atoms with Gasteiger partial charge in [0.2, 0.25) is 0 Å². The first kappa shape index (κ1) is 21.6. The van der Waals surface area contributed by atoms with Crippen molar-refractivity contribution in [3.8, 4) is 0 Å². The number of hydrogen-bond donors (Lipinski definition) is 3. The Balaban J connectivity index is 1.92. The maximum absolute atomic E-state index is 10.0. The largest absolute Gasteiger partial charge is 0.394 e. The molecular formula is C19H36O5. The van der Waals surface area contributed by atoms with Gasteiger partial charge in [-0.25, -0.2) is 0 Å². The van der Waals surface area contributed by atoms with Gasteiger partial charge in [0, 0.05) is 6.61 Å². The zero-order valence-electron chi connectivity index (χ0n) is 15.1. The number of allylic oxidation sites excluding steroid dienone is 2. The zero-order valence-corrected chi connectivity index (χ0v) is 15.1. The monoisotopic (exact) mass is 344 g/mol. The molecule has 0 aromatic rings. The van der Waals surface area contributed by atoms with E-state index in [2.05, 4.69) is 19.1 Å². The summed E-state index contributed by atoms with van der Waals surface area (Å²) in [6.45, 7) is 2.66. The summed E-state index contributed by atoms with van der Waals surface area (Å²) in [6.07, 6.45) is 12.3. The first-order valence-electron chi connectivity index (χ1n) is 9.55. The molecule has 1 fully saturated rings. The molecule has 4 atom stereocenters. The van der Waals surface area contributed by atoms with E-state index in [0.717, 1.165) is 12.8 Å². The van der Waals surface area contributed by atoms with Crippen molar-refractivity contribution >= 4 is 0 Å². The molecule has 0 bridgehead atoms. The Morgan fingerprint density at radius 2 is 1.75 bits per heavy atom. The van der Waals surface area contributed by atoms with Crippen LogP contribution in [0.15, 0.2) is 12.2 Å². The first-order chi connectivity index (χ1) is 11.7. The van der Waals surface area contributed by atoms with Crippen LogP contribution in [0.4, 0.5) is 0 Å². The molecule has 5 heteroatoms. The molecule has 24 heavy (non-hydrogen) atoms. The van der Waals surface area contributed by atoms with E-state index in [1.807, 2.05) is 0 Å². The van der Waals surface area contributed by atoms with Gasteiger partial charge in [0.15, 0.2) is 0 Å². The van der Waals surface area contributed by atoms with Crippen molar-refractivity contribution in [3.05, 3.63) is 12.2 Å². The lowest BCUT2D eigenvalue weighted by molar-refractivity contribution is -0.0730. The number of rotatable bonds is 14. The fraction of sp³-hybridized carbons (Fsp3) is 0.895. The summed E-state index contributed by atoms with van der Waals surface area (Å²) >= 11 is 0. The highest BCUT2D eigenvalue weighted by molar-refractivity contribution is 4.88. The number of unbranched alkanes of at least 4 members (excludes halogenated alkanes) is 7. The molecule has 0 spiro atoms. The third-order valence-corrected chi connectivity index (χ3v) is 4.46. The van der Waals surface area contributed by atoms with Crippen LogP contribution < -0.4 is 0 Å². The normalized spacial score (nSPS) is 25.6. The molecule has 0 amide bonds. The Kier molecular flexibility index (Phi) is 12.4. The molecule has 1 heterocycles. The molecule has 1 rings (SSSR count). The van der Waals surface area contributed by atoms with Gasteiger partial charge in [0.25, 0.3) is 0 Å². The van der Waals surface area contributed by atoms with Gasteiger partial charge in [-0.2, -0.15) is 0 Å². The molecular weight excluding hydrogens is 308 g/mol. The second kappa shape index (κ2) is 13.8. The summed E-state index contributed by atoms with van der Waals surface area (Å²) in [4.78, 5) is 0. The number of aliphatic hydroxyl groups is 3. The molecule has 0 aromatic heterocycles. The highest BCUT2D eigenvalue weighted by Crippen LogP contribution is 2.20. The lowest BCUT2D eigenvalue weighted by atomic mass is 10.1. The minimum absolute atomic E-state index is 0.272. The fourth-order valence-corrected chi connectivity index (χ4v) is 2.91. The van der Waals surface area contributed by atoms with Crippen molar-refractivity contribution in [1.29, 1.82) is 0 Å². The number of hydrogen-bond acceptors (Lipinski definition) is 5. The van der Waals surface area contributed by atoms with Crippen LogP contribution in [0.25, 0.3) is 0 Å². The van der Waals surface area contributed by atoms with Gasteiger partial charge in [0.05, 0.1) is 13.2 Å². The highest BCUT2D eigenvalue weighted by atomic mass is 16.6. The third-order valence-electron chi connectivity index (χ3n) is 4.46. The second-order valence-electron chi connectivity index (χ2n) is 6.62. The minimum Gasteiger partial charge on any atom is -0.394 e. The summed E-state index contributed by atoms with van der Waals surface area (Å²) in [7, 11) is 0. The Bertz CT molecular complexity index is 321. The number of aliphatic hydroxyl groups excluding tert-OH is 3. The molecule has 0 radical (unpaired) electrons. The standard InChI is InChI=1S/C19H36O5/c1-2-3-4-5-6-7-8-9-10-11-12-13-23-17-15-24-19(18(17)22)16(21)14-20/h4-5,16-22H,2-3,6-15H2,1H3/b5-4+/t16-,17+,18+,19+/m0/s1. The highest BCUT2D eigenvalue weighted by Gasteiger charge is 2.40. The average Bonchev–Trinajstić information content (AvgIpc) is 2.96. The predicted octanol–water partition coefficient (Wildman–Crippen LogP) is 2.57. The topological polar surface area (TPSA) is 79.2 Å². The van der Waals surface area contributed by atoms with Crippen LogP contribution in [0, 0.1) is 0 Å². The van der Waals surface area contributed by atoms with Gasteiger partial charge in [-0.1, -0.05) is 51.2 Å². The predicted molar refractivity (Wildman–Crippen MR) is 94.9 cm³/mol. The van der Waals surface area contributed by atoms with Crippen LogP contribution in [0.2, 0.25) is 0 Å². The molecule has 1 saturated heterocycles. The maximum Gasteiger partial charge on any atom is 0.114 e. The smallest absolute Gasteiger partial charge is 0.114 e. The van der Waals surface area contributed by atoms with Gasteiger partial charge in [-0.05, 0) is 25.7 Å². The van der Waals surface area contributed by atoms with Crippen molar-refractivity contribution in [2.75, 3.05) is 19.8 Å². The van der Waals surface area contributed by atoms with Crippen molar-refractivity contribution in [2.24, 2.45) is 0 Å². The Morgan fingerprint density at radius 3 is 2.46 bits per heavy atom. The van der Waals surface area contributed by atoms with Gasteiger partial charge in [-0.15, -0.1) is 0 Å². The van der Waals surface area contributed by atoms with Crippen molar-refractivity contribution in [1.82, 2.24) is 0 Å². The third kappa shape index (κ3) is 8.58. The summed E-state index contributed by atoms with van der Waals surface area (Å²) in [5.41, 5.74) is 0. The van der Waals surface area contributed by atoms with E-state index >= 15 is 0 Å². The summed E-state index contributed by atoms with van der Waals surface area (Å²) in [6, 6.07) is 0. The molecule has 0 unspecified atom stereocenters. The lowest BCUT2D eigenvalue weighted by Crippen LogP contribution is -2.41. The molecule has 0 saturated carbocycles. The quantitative estimate of drug-likeness (QED) is 0.333. The lowest BCUT2D eigenvalue weighted by Gasteiger charge is -2.20. The fourth-order valence-electron chi connectivity index (χ4n) is 2.91.